The van der Waals surface area contributed by atoms with Crippen LogP contribution in [0.1, 0.15) is 98.3 Å². The molecule has 2 saturated carbocycles. The van der Waals surface area contributed by atoms with Crippen molar-refractivity contribution in [2.75, 3.05) is 6.61 Å². The number of hydrogen-bond acceptors (Lipinski definition) is 3. The molecule has 0 aromatic heterocycles. The molecule has 3 heteroatoms. The van der Waals surface area contributed by atoms with Crippen molar-refractivity contribution in [3.63, 3.8) is 0 Å². The number of aliphatic hydroxyl groups is 1. The van der Waals surface area contributed by atoms with Gasteiger partial charge in [-0.2, -0.15) is 0 Å². The highest BCUT2D eigenvalue weighted by Crippen LogP contribution is 2.60. The minimum absolute atomic E-state index is 0.0800. The van der Waals surface area contributed by atoms with Crippen molar-refractivity contribution in [3.05, 3.63) is 22.8 Å². The van der Waals surface area contributed by atoms with E-state index in [1.54, 1.807) is 5.57 Å². The van der Waals surface area contributed by atoms with Crippen LogP contribution in [0.3, 0.4) is 0 Å². The fourth-order valence-corrected chi connectivity index (χ4v) is 7.31. The summed E-state index contributed by atoms with van der Waals surface area (Å²) in [7, 11) is 0. The number of aliphatic hydroxyl groups excluding tert-OH is 1. The highest BCUT2D eigenvalue weighted by atomic mass is 17.2. The average Bonchev–Trinajstić information content (AvgIpc) is 3.06. The number of hydrogen-bond donors (Lipinski definition) is 1. The zero-order chi connectivity index (χ0) is 21.3. The summed E-state index contributed by atoms with van der Waals surface area (Å²) < 4.78 is 0. The van der Waals surface area contributed by atoms with Crippen molar-refractivity contribution in [2.45, 2.75) is 111 Å². The molecule has 6 atom stereocenters. The molecule has 0 bridgehead atoms. The normalized spacial score (nSPS) is 39.3. The lowest BCUT2D eigenvalue weighted by molar-refractivity contribution is -0.310. The molecule has 0 saturated heterocycles. The predicted octanol–water partition coefficient (Wildman–Crippen LogP) is 6.76. The van der Waals surface area contributed by atoms with E-state index in [2.05, 4.69) is 33.8 Å². The Morgan fingerprint density at radius 2 is 1.97 bits per heavy atom. The van der Waals surface area contributed by atoms with E-state index in [1.165, 1.54) is 62.5 Å². The third-order valence-electron chi connectivity index (χ3n) is 8.97. The molecule has 0 unspecified atom stereocenters. The van der Waals surface area contributed by atoms with Crippen molar-refractivity contribution in [2.24, 2.45) is 29.1 Å². The minimum Gasteiger partial charge on any atom is -0.393 e. The molecule has 4 rings (SSSR count). The van der Waals surface area contributed by atoms with Gasteiger partial charge in [-0.1, -0.05) is 52.5 Å². The highest BCUT2D eigenvalue weighted by Gasteiger charge is 2.50. The summed E-state index contributed by atoms with van der Waals surface area (Å²) in [6.07, 6.45) is 15.4. The Balaban J connectivity index is 1.49. The Bertz CT molecular complexity index is 663. The fraction of sp³-hybridized carbons (Fsp3) is 0.852. The van der Waals surface area contributed by atoms with E-state index in [4.69, 9.17) is 9.78 Å². The maximum atomic E-state index is 10.2. The smallest absolute Gasteiger partial charge is 0.133 e. The van der Waals surface area contributed by atoms with Gasteiger partial charge in [-0.25, -0.2) is 9.78 Å². The standard InChI is InChI=1S/C27H44O3/c1-18(2)7-5-8-19(3)24-12-13-25-20(9-6-14-27(24,25)4)15-26-23-16-22(28)11-10-21(23)17-29-30-26/h15,18-19,22,24-26,28H,5-14,16-17H2,1-4H3/b20-15+/t19-,22+,24-,25+,26-,27-/m1/s1. The largest absolute Gasteiger partial charge is 0.393 e. The first kappa shape index (κ1) is 22.6. The van der Waals surface area contributed by atoms with E-state index < -0.39 is 0 Å². The van der Waals surface area contributed by atoms with Crippen LogP contribution < -0.4 is 0 Å². The Hall–Kier alpha value is -0.640. The third kappa shape index (κ3) is 4.59. The van der Waals surface area contributed by atoms with Gasteiger partial charge in [0.25, 0.3) is 0 Å². The summed E-state index contributed by atoms with van der Waals surface area (Å²) in [6.45, 7) is 10.4. The van der Waals surface area contributed by atoms with Crippen LogP contribution in [0.2, 0.25) is 0 Å². The Morgan fingerprint density at radius 1 is 1.13 bits per heavy atom. The highest BCUT2D eigenvalue weighted by molar-refractivity contribution is 5.31. The minimum atomic E-state index is -0.217. The van der Waals surface area contributed by atoms with Crippen LogP contribution in [-0.4, -0.2) is 23.9 Å². The van der Waals surface area contributed by atoms with Crippen LogP contribution in [0.25, 0.3) is 0 Å². The number of fused-ring (bicyclic) bond motifs is 1. The van der Waals surface area contributed by atoms with Crippen molar-refractivity contribution < 1.29 is 14.9 Å². The molecule has 3 nitrogen and oxygen atoms in total. The van der Waals surface area contributed by atoms with Crippen LogP contribution >= 0.6 is 0 Å². The van der Waals surface area contributed by atoms with Crippen LogP contribution in [0.4, 0.5) is 0 Å². The zero-order valence-corrected chi connectivity index (χ0v) is 19.8. The molecule has 0 aromatic rings. The lowest BCUT2D eigenvalue weighted by Gasteiger charge is -2.45. The molecule has 0 amide bonds. The molecular formula is C27H44O3. The Kier molecular flexibility index (Phi) is 7.11. The number of allylic oxidation sites excluding steroid dienone is 1. The second-order valence-corrected chi connectivity index (χ2v) is 11.4. The zero-order valence-electron chi connectivity index (χ0n) is 19.8. The Morgan fingerprint density at radius 3 is 2.77 bits per heavy atom. The first-order valence-electron chi connectivity index (χ1n) is 12.8. The van der Waals surface area contributed by atoms with E-state index in [0.717, 1.165) is 37.0 Å². The Labute approximate surface area is 184 Å². The van der Waals surface area contributed by atoms with Gasteiger partial charge in [0.1, 0.15) is 12.7 Å². The molecule has 4 aliphatic rings. The SMILES string of the molecule is CC(C)CCC[C@@H](C)[C@H]1CC[C@H]2/C(=C/[C@H]3OOCC4=C3C[C@@H](O)CC4)CCC[C@]12C. The molecule has 3 aliphatic carbocycles. The van der Waals surface area contributed by atoms with Gasteiger partial charge >= 0.3 is 0 Å². The van der Waals surface area contributed by atoms with Crippen LogP contribution in [-0.2, 0) is 9.78 Å². The molecule has 1 aliphatic heterocycles. The average molecular weight is 417 g/mol. The molecule has 0 radical (unpaired) electrons. The second kappa shape index (κ2) is 9.46. The summed E-state index contributed by atoms with van der Waals surface area (Å²) in [5, 5.41) is 10.2. The maximum Gasteiger partial charge on any atom is 0.133 e. The first-order chi connectivity index (χ1) is 14.4. The quantitative estimate of drug-likeness (QED) is 0.384. The van der Waals surface area contributed by atoms with Crippen molar-refractivity contribution in [3.8, 4) is 0 Å². The first-order valence-corrected chi connectivity index (χ1v) is 12.8. The van der Waals surface area contributed by atoms with E-state index in [-0.39, 0.29) is 12.2 Å². The van der Waals surface area contributed by atoms with Gasteiger partial charge in [0, 0.05) is 0 Å². The van der Waals surface area contributed by atoms with E-state index in [1.807, 2.05) is 0 Å². The van der Waals surface area contributed by atoms with Crippen LogP contribution in [0.5, 0.6) is 0 Å². The molecule has 0 aromatic carbocycles. The van der Waals surface area contributed by atoms with Gasteiger partial charge in [0.2, 0.25) is 0 Å². The lowest BCUT2D eigenvalue weighted by Crippen LogP contribution is -2.37. The molecule has 170 valence electrons. The summed E-state index contributed by atoms with van der Waals surface area (Å²) >= 11 is 0. The van der Waals surface area contributed by atoms with Crippen molar-refractivity contribution in [1.29, 1.82) is 0 Å². The van der Waals surface area contributed by atoms with E-state index >= 15 is 0 Å². The van der Waals surface area contributed by atoms with Gasteiger partial charge < -0.3 is 5.11 Å². The topological polar surface area (TPSA) is 38.7 Å². The summed E-state index contributed by atoms with van der Waals surface area (Å²) in [5.41, 5.74) is 4.73. The van der Waals surface area contributed by atoms with Crippen molar-refractivity contribution in [1.82, 2.24) is 0 Å². The van der Waals surface area contributed by atoms with Gasteiger partial charge in [-0.3, -0.25) is 0 Å². The summed E-state index contributed by atoms with van der Waals surface area (Å²) in [5.74, 6) is 3.21. The van der Waals surface area contributed by atoms with Crippen molar-refractivity contribution >= 4 is 0 Å². The molecule has 1 heterocycles. The lowest BCUT2D eigenvalue weighted by atomic mass is 9.60. The predicted molar refractivity (Wildman–Crippen MR) is 122 cm³/mol. The van der Waals surface area contributed by atoms with E-state index in [0.29, 0.717) is 17.9 Å². The summed E-state index contributed by atoms with van der Waals surface area (Å²) in [6, 6.07) is 0. The van der Waals surface area contributed by atoms with Gasteiger partial charge in [-0.15, -0.1) is 0 Å². The van der Waals surface area contributed by atoms with Crippen LogP contribution in [0.15, 0.2) is 22.8 Å². The molecule has 0 spiro atoms. The molecule has 2 fully saturated rings. The van der Waals surface area contributed by atoms with Crippen LogP contribution in [0, 0.1) is 29.1 Å². The maximum absolute atomic E-state index is 10.2. The fourth-order valence-electron chi connectivity index (χ4n) is 7.31. The van der Waals surface area contributed by atoms with Gasteiger partial charge in [-0.05, 0) is 97.7 Å². The summed E-state index contributed by atoms with van der Waals surface area (Å²) in [4.78, 5) is 11.3. The molecular weight excluding hydrogens is 372 g/mol. The monoisotopic (exact) mass is 416 g/mol. The third-order valence-corrected chi connectivity index (χ3v) is 8.97. The van der Waals surface area contributed by atoms with E-state index in [9.17, 15) is 5.11 Å². The van der Waals surface area contributed by atoms with Gasteiger partial charge in [0.05, 0.1) is 6.10 Å². The second-order valence-electron chi connectivity index (χ2n) is 11.4. The number of rotatable bonds is 6. The molecule has 1 N–H and O–H groups in total. The van der Waals surface area contributed by atoms with Gasteiger partial charge in [0.15, 0.2) is 0 Å². The molecule has 30 heavy (non-hydrogen) atoms.